The third kappa shape index (κ3) is 2.04. The number of carbonyl (C=O) groups excluding carboxylic acids is 1. The van der Waals surface area contributed by atoms with Gasteiger partial charge in [-0.25, -0.2) is 0 Å². The van der Waals surface area contributed by atoms with E-state index in [-0.39, 0.29) is 11.2 Å². The standard InChI is InChI=1S/C10H16O/c1-5-8-10(6-2,7-3)9(4)11/h5-6H,1-2,7-8H2,3-4H3. The Bertz CT molecular complexity index is 170. The van der Waals surface area contributed by atoms with Crippen LogP contribution < -0.4 is 0 Å². The number of allylic oxidation sites excluding steroid dienone is 2. The second kappa shape index (κ2) is 4.12. The molecule has 0 aromatic carbocycles. The third-order valence-electron chi connectivity index (χ3n) is 2.23. The van der Waals surface area contributed by atoms with E-state index >= 15 is 0 Å². The van der Waals surface area contributed by atoms with E-state index in [0.29, 0.717) is 6.42 Å². The summed E-state index contributed by atoms with van der Waals surface area (Å²) in [5.41, 5.74) is -0.359. The van der Waals surface area contributed by atoms with Crippen molar-refractivity contribution in [2.75, 3.05) is 0 Å². The Morgan fingerprint density at radius 1 is 1.55 bits per heavy atom. The number of hydrogen-bond acceptors (Lipinski definition) is 1. The maximum Gasteiger partial charge on any atom is 0.140 e. The van der Waals surface area contributed by atoms with Crippen molar-refractivity contribution in [2.45, 2.75) is 26.7 Å². The molecule has 0 aromatic heterocycles. The van der Waals surface area contributed by atoms with Crippen LogP contribution in [0.4, 0.5) is 0 Å². The van der Waals surface area contributed by atoms with Gasteiger partial charge in [0.05, 0.1) is 0 Å². The van der Waals surface area contributed by atoms with Crippen LogP contribution in [0.3, 0.4) is 0 Å². The summed E-state index contributed by atoms with van der Waals surface area (Å²) >= 11 is 0. The van der Waals surface area contributed by atoms with Gasteiger partial charge in [0, 0.05) is 5.41 Å². The normalized spacial score (nSPS) is 15.1. The molecule has 62 valence electrons. The Balaban J connectivity index is 4.58. The van der Waals surface area contributed by atoms with E-state index in [1.54, 1.807) is 19.1 Å². The van der Waals surface area contributed by atoms with Crippen molar-refractivity contribution in [3.8, 4) is 0 Å². The molecule has 1 heteroatoms. The second-order valence-corrected chi connectivity index (χ2v) is 2.76. The fraction of sp³-hybridized carbons (Fsp3) is 0.500. The highest BCUT2D eigenvalue weighted by Crippen LogP contribution is 2.29. The zero-order chi connectivity index (χ0) is 8.91. The SMILES string of the molecule is C=CCC(C=C)(CC)C(C)=O. The van der Waals surface area contributed by atoms with Gasteiger partial charge >= 0.3 is 0 Å². The van der Waals surface area contributed by atoms with Crippen LogP contribution in [-0.2, 0) is 4.79 Å². The third-order valence-corrected chi connectivity index (χ3v) is 2.23. The van der Waals surface area contributed by atoms with Crippen LogP contribution in [0.5, 0.6) is 0 Å². The Hall–Kier alpha value is -0.850. The fourth-order valence-electron chi connectivity index (χ4n) is 1.17. The summed E-state index contributed by atoms with van der Waals surface area (Å²) in [4.78, 5) is 11.2. The molecule has 1 atom stereocenters. The van der Waals surface area contributed by atoms with Crippen molar-refractivity contribution in [1.82, 2.24) is 0 Å². The molecular formula is C10H16O. The van der Waals surface area contributed by atoms with Crippen molar-refractivity contribution in [2.24, 2.45) is 5.41 Å². The lowest BCUT2D eigenvalue weighted by atomic mass is 9.78. The lowest BCUT2D eigenvalue weighted by Crippen LogP contribution is -2.24. The number of ketones is 1. The van der Waals surface area contributed by atoms with E-state index < -0.39 is 0 Å². The molecule has 0 amide bonds. The second-order valence-electron chi connectivity index (χ2n) is 2.76. The quantitative estimate of drug-likeness (QED) is 0.553. The molecule has 0 saturated heterocycles. The zero-order valence-corrected chi connectivity index (χ0v) is 7.39. The molecule has 0 saturated carbocycles. The molecule has 0 aliphatic heterocycles. The first kappa shape index (κ1) is 10.2. The van der Waals surface area contributed by atoms with Crippen LogP contribution in [-0.4, -0.2) is 5.78 Å². The summed E-state index contributed by atoms with van der Waals surface area (Å²) in [6.07, 6.45) is 5.00. The van der Waals surface area contributed by atoms with Gasteiger partial charge in [-0.05, 0) is 19.8 Å². The predicted molar refractivity (Wildman–Crippen MR) is 48.4 cm³/mol. The average molecular weight is 152 g/mol. The highest BCUT2D eigenvalue weighted by atomic mass is 16.1. The van der Waals surface area contributed by atoms with Crippen molar-refractivity contribution < 1.29 is 4.79 Å². The van der Waals surface area contributed by atoms with E-state index in [2.05, 4.69) is 13.2 Å². The minimum absolute atomic E-state index is 0.176. The Labute approximate surface area is 68.8 Å². The molecule has 0 rings (SSSR count). The van der Waals surface area contributed by atoms with Gasteiger partial charge in [0.25, 0.3) is 0 Å². The number of hydrogen-bond donors (Lipinski definition) is 0. The lowest BCUT2D eigenvalue weighted by Gasteiger charge is -2.23. The highest BCUT2D eigenvalue weighted by molar-refractivity contribution is 5.84. The van der Waals surface area contributed by atoms with Crippen LogP contribution in [0.1, 0.15) is 26.7 Å². The summed E-state index contributed by atoms with van der Waals surface area (Å²) in [7, 11) is 0. The van der Waals surface area contributed by atoms with Gasteiger partial charge in [-0.2, -0.15) is 0 Å². The van der Waals surface area contributed by atoms with Gasteiger partial charge in [-0.15, -0.1) is 13.2 Å². The summed E-state index contributed by atoms with van der Waals surface area (Å²) in [6, 6.07) is 0. The first-order chi connectivity index (χ1) is 5.13. The van der Waals surface area contributed by atoms with E-state index in [1.165, 1.54) is 0 Å². The number of rotatable bonds is 5. The molecule has 0 aliphatic carbocycles. The maximum absolute atomic E-state index is 11.2. The van der Waals surface area contributed by atoms with E-state index in [1.807, 2.05) is 6.92 Å². The molecule has 0 bridgehead atoms. The van der Waals surface area contributed by atoms with E-state index in [4.69, 9.17) is 0 Å². The molecule has 1 nitrogen and oxygen atoms in total. The first-order valence-corrected chi connectivity index (χ1v) is 3.88. The summed E-state index contributed by atoms with van der Waals surface area (Å²) in [5.74, 6) is 0.176. The maximum atomic E-state index is 11.2. The minimum atomic E-state index is -0.359. The van der Waals surface area contributed by atoms with Gasteiger partial charge in [-0.3, -0.25) is 4.79 Å². The first-order valence-electron chi connectivity index (χ1n) is 3.88. The molecule has 0 spiro atoms. The topological polar surface area (TPSA) is 17.1 Å². The molecule has 0 aliphatic rings. The Morgan fingerprint density at radius 2 is 2.09 bits per heavy atom. The van der Waals surface area contributed by atoms with Crippen LogP contribution in [0.25, 0.3) is 0 Å². The van der Waals surface area contributed by atoms with E-state index in [0.717, 1.165) is 6.42 Å². The largest absolute Gasteiger partial charge is 0.299 e. The van der Waals surface area contributed by atoms with Gasteiger partial charge < -0.3 is 0 Å². The van der Waals surface area contributed by atoms with E-state index in [9.17, 15) is 4.79 Å². The summed E-state index contributed by atoms with van der Waals surface area (Å²) in [5, 5.41) is 0. The molecule has 11 heavy (non-hydrogen) atoms. The van der Waals surface area contributed by atoms with Crippen molar-refractivity contribution in [1.29, 1.82) is 0 Å². The van der Waals surface area contributed by atoms with Crippen molar-refractivity contribution in [3.63, 3.8) is 0 Å². The smallest absolute Gasteiger partial charge is 0.140 e. The molecule has 0 aromatic rings. The molecule has 0 radical (unpaired) electrons. The molecular weight excluding hydrogens is 136 g/mol. The van der Waals surface area contributed by atoms with Gasteiger partial charge in [-0.1, -0.05) is 19.1 Å². The van der Waals surface area contributed by atoms with Crippen molar-refractivity contribution >= 4 is 5.78 Å². The fourth-order valence-corrected chi connectivity index (χ4v) is 1.17. The predicted octanol–water partition coefficient (Wildman–Crippen LogP) is 2.73. The Kier molecular flexibility index (Phi) is 3.80. The number of carbonyl (C=O) groups is 1. The zero-order valence-electron chi connectivity index (χ0n) is 7.39. The van der Waals surface area contributed by atoms with Gasteiger partial charge in [0.15, 0.2) is 0 Å². The van der Waals surface area contributed by atoms with Crippen LogP contribution in [0.15, 0.2) is 25.3 Å². The summed E-state index contributed by atoms with van der Waals surface area (Å²) in [6.45, 7) is 10.9. The van der Waals surface area contributed by atoms with Crippen LogP contribution >= 0.6 is 0 Å². The number of Topliss-reactive ketones (excluding diaryl/α,β-unsaturated/α-hetero) is 1. The average Bonchev–Trinajstić information content (AvgIpc) is 2.00. The highest BCUT2D eigenvalue weighted by Gasteiger charge is 2.27. The monoisotopic (exact) mass is 152 g/mol. The van der Waals surface area contributed by atoms with Crippen LogP contribution in [0.2, 0.25) is 0 Å². The van der Waals surface area contributed by atoms with Gasteiger partial charge in [0.1, 0.15) is 5.78 Å². The summed E-state index contributed by atoms with van der Waals surface area (Å²) < 4.78 is 0. The lowest BCUT2D eigenvalue weighted by molar-refractivity contribution is -0.124. The molecule has 0 heterocycles. The van der Waals surface area contributed by atoms with Crippen LogP contribution in [0, 0.1) is 5.41 Å². The molecule has 0 fully saturated rings. The minimum Gasteiger partial charge on any atom is -0.299 e. The van der Waals surface area contributed by atoms with Gasteiger partial charge in [0.2, 0.25) is 0 Å². The molecule has 1 unspecified atom stereocenters. The Morgan fingerprint density at radius 3 is 2.18 bits per heavy atom. The molecule has 0 N–H and O–H groups in total. The van der Waals surface area contributed by atoms with Crippen molar-refractivity contribution in [3.05, 3.63) is 25.3 Å².